The molecule has 0 radical (unpaired) electrons. The van der Waals surface area contributed by atoms with Crippen LogP contribution in [0.5, 0.6) is 0 Å². The Morgan fingerprint density at radius 3 is 2.67 bits per heavy atom. The monoisotopic (exact) mass is 461 g/mol. The average Bonchev–Trinajstić information content (AvgIpc) is 3.25. The van der Waals surface area contributed by atoms with Gasteiger partial charge in [-0.1, -0.05) is 12.2 Å². The molecule has 5 fully saturated rings. The standard InChI is InChI=1S/C25H35NO7/c1-29-12-23-7-6-18(31-3)25-16(23)10-15(20(25)26(11-23)22(28)32-4)24-8-5-14(9-17(24)25)19(21(24)27)33-13-30-2/h5,8,14-20H,6-7,9-13H2,1-4H3/t14?,15-,16+,17?,18?,19-,20?,23?,24-,25?/m0/s1. The summed E-state index contributed by atoms with van der Waals surface area (Å²) in [6.45, 7) is 1.33. The first-order chi connectivity index (χ1) is 16.0. The van der Waals surface area contributed by atoms with Crippen LogP contribution >= 0.6 is 0 Å². The van der Waals surface area contributed by atoms with E-state index in [9.17, 15) is 9.59 Å². The van der Waals surface area contributed by atoms with Crippen LogP contribution in [-0.4, -0.2) is 83.4 Å². The molecule has 7 rings (SSSR count). The molecule has 8 nitrogen and oxygen atoms in total. The van der Waals surface area contributed by atoms with Crippen molar-refractivity contribution in [1.29, 1.82) is 0 Å². The molecule has 1 amide bonds. The lowest BCUT2D eigenvalue weighted by atomic mass is 9.41. The fraction of sp³-hybridized carbons (Fsp3) is 0.840. The smallest absolute Gasteiger partial charge is 0.409 e. The summed E-state index contributed by atoms with van der Waals surface area (Å²) in [5.41, 5.74) is -1.05. The molecule has 0 aromatic heterocycles. The number of methoxy groups -OCH3 is 4. The van der Waals surface area contributed by atoms with Gasteiger partial charge in [0.25, 0.3) is 0 Å². The summed E-state index contributed by atoms with van der Waals surface area (Å²) >= 11 is 0. The van der Waals surface area contributed by atoms with Gasteiger partial charge in [0.15, 0.2) is 5.78 Å². The number of nitrogens with zero attached hydrogens (tertiary/aromatic N) is 1. The highest BCUT2D eigenvalue weighted by molar-refractivity contribution is 5.95. The molecule has 0 aromatic carbocycles. The third-order valence-corrected chi connectivity index (χ3v) is 10.5. The number of ether oxygens (including phenoxy) is 5. The lowest BCUT2D eigenvalue weighted by Gasteiger charge is -2.66. The zero-order valence-electron chi connectivity index (χ0n) is 20.0. The average molecular weight is 462 g/mol. The van der Waals surface area contributed by atoms with Gasteiger partial charge < -0.3 is 28.6 Å². The number of hydrogen-bond donors (Lipinski definition) is 0. The number of rotatable bonds is 6. The topological polar surface area (TPSA) is 83.5 Å². The van der Waals surface area contributed by atoms with E-state index in [0.29, 0.717) is 19.1 Å². The molecule has 7 aliphatic rings. The minimum Gasteiger partial charge on any atom is -0.453 e. The number of Topliss-reactive ketones (excluding diaryl/α,β-unsaturated/α-hetero) is 1. The number of fused-ring (bicyclic) bond motifs is 1. The molecule has 7 bridgehead atoms. The second-order valence-corrected chi connectivity index (χ2v) is 11.1. The van der Waals surface area contributed by atoms with Crippen molar-refractivity contribution in [2.75, 3.05) is 48.4 Å². The van der Waals surface area contributed by atoms with E-state index in [1.54, 1.807) is 21.3 Å². The van der Waals surface area contributed by atoms with E-state index in [1.165, 1.54) is 7.11 Å². The molecule has 182 valence electrons. The third kappa shape index (κ3) is 2.32. The van der Waals surface area contributed by atoms with Crippen molar-refractivity contribution in [3.05, 3.63) is 12.2 Å². The van der Waals surface area contributed by atoms with Crippen molar-refractivity contribution < 1.29 is 33.3 Å². The summed E-state index contributed by atoms with van der Waals surface area (Å²) in [6, 6.07) is -0.0799. The van der Waals surface area contributed by atoms with Crippen molar-refractivity contribution in [3.8, 4) is 0 Å². The Kier molecular flexibility index (Phi) is 4.84. The van der Waals surface area contributed by atoms with Crippen LogP contribution < -0.4 is 0 Å². The first kappa shape index (κ1) is 22.0. The van der Waals surface area contributed by atoms with Crippen LogP contribution in [-0.2, 0) is 28.5 Å². The molecule has 1 saturated heterocycles. The normalized spacial score (nSPS) is 50.6. The van der Waals surface area contributed by atoms with Gasteiger partial charge in [-0.05, 0) is 43.4 Å². The Hall–Kier alpha value is -1.48. The van der Waals surface area contributed by atoms with Crippen LogP contribution in [0.3, 0.4) is 0 Å². The maximum absolute atomic E-state index is 14.1. The fourth-order valence-corrected chi connectivity index (χ4v) is 9.93. The Bertz CT molecular complexity index is 892. The Balaban J connectivity index is 1.53. The molecule has 6 aliphatic carbocycles. The second kappa shape index (κ2) is 7.26. The minimum atomic E-state index is -0.627. The van der Waals surface area contributed by atoms with Crippen molar-refractivity contribution in [2.24, 2.45) is 39.9 Å². The quantitative estimate of drug-likeness (QED) is 0.443. The molecule has 10 atom stereocenters. The van der Waals surface area contributed by atoms with Crippen LogP contribution in [0.4, 0.5) is 4.79 Å². The largest absolute Gasteiger partial charge is 0.453 e. The van der Waals surface area contributed by atoms with Crippen molar-refractivity contribution in [1.82, 2.24) is 4.90 Å². The minimum absolute atomic E-state index is 0.00166. The Labute approximate surface area is 194 Å². The van der Waals surface area contributed by atoms with E-state index in [4.69, 9.17) is 23.7 Å². The molecule has 0 N–H and O–H groups in total. The van der Waals surface area contributed by atoms with Gasteiger partial charge in [0.1, 0.15) is 12.9 Å². The maximum atomic E-state index is 14.1. The van der Waals surface area contributed by atoms with Gasteiger partial charge in [-0.15, -0.1) is 0 Å². The second-order valence-electron chi connectivity index (χ2n) is 11.1. The molecule has 8 heteroatoms. The Morgan fingerprint density at radius 2 is 1.97 bits per heavy atom. The molecule has 33 heavy (non-hydrogen) atoms. The van der Waals surface area contributed by atoms with Crippen LogP contribution in [0.2, 0.25) is 0 Å². The van der Waals surface area contributed by atoms with E-state index in [-0.39, 0.29) is 59.4 Å². The third-order valence-electron chi connectivity index (χ3n) is 10.5. The van der Waals surface area contributed by atoms with Gasteiger partial charge >= 0.3 is 6.09 Å². The summed E-state index contributed by atoms with van der Waals surface area (Å²) < 4.78 is 28.4. The highest BCUT2D eigenvalue weighted by atomic mass is 16.7. The van der Waals surface area contributed by atoms with Crippen LogP contribution in [0.25, 0.3) is 0 Å². The molecule has 1 aliphatic heterocycles. The maximum Gasteiger partial charge on any atom is 0.409 e. The van der Waals surface area contributed by atoms with E-state index in [0.717, 1.165) is 25.7 Å². The number of ketones is 1. The zero-order valence-corrected chi connectivity index (χ0v) is 20.0. The number of hydrogen-bond acceptors (Lipinski definition) is 7. The molecule has 1 heterocycles. The summed E-state index contributed by atoms with van der Waals surface area (Å²) in [7, 11) is 6.57. The van der Waals surface area contributed by atoms with Crippen molar-refractivity contribution >= 4 is 11.9 Å². The summed E-state index contributed by atoms with van der Waals surface area (Å²) in [6.07, 6.45) is 7.23. The predicted octanol–water partition coefficient (Wildman–Crippen LogP) is 2.27. The van der Waals surface area contributed by atoms with Gasteiger partial charge in [0, 0.05) is 50.7 Å². The number of carbonyl (C=O) groups excluding carboxylic acids is 2. The van der Waals surface area contributed by atoms with Gasteiger partial charge in [-0.3, -0.25) is 4.79 Å². The lowest BCUT2D eigenvalue weighted by Crippen LogP contribution is -2.71. The first-order valence-electron chi connectivity index (χ1n) is 12.2. The fourth-order valence-electron chi connectivity index (χ4n) is 9.93. The molecule has 2 spiro atoms. The van der Waals surface area contributed by atoms with E-state index >= 15 is 0 Å². The number of amides is 1. The van der Waals surface area contributed by atoms with Gasteiger partial charge in [-0.25, -0.2) is 4.79 Å². The summed E-state index contributed by atoms with van der Waals surface area (Å²) in [5.74, 6) is 0.696. The molecule has 4 saturated carbocycles. The van der Waals surface area contributed by atoms with E-state index < -0.39 is 11.5 Å². The van der Waals surface area contributed by atoms with Crippen LogP contribution in [0.1, 0.15) is 25.7 Å². The van der Waals surface area contributed by atoms with Gasteiger partial charge in [-0.2, -0.15) is 0 Å². The van der Waals surface area contributed by atoms with Gasteiger partial charge in [0.05, 0.1) is 25.2 Å². The first-order valence-corrected chi connectivity index (χ1v) is 12.2. The molecule has 6 unspecified atom stereocenters. The lowest BCUT2D eigenvalue weighted by molar-refractivity contribution is -0.229. The van der Waals surface area contributed by atoms with E-state index in [1.807, 2.05) is 4.90 Å². The van der Waals surface area contributed by atoms with E-state index in [2.05, 4.69) is 12.2 Å². The summed E-state index contributed by atoms with van der Waals surface area (Å²) in [5, 5.41) is 0. The molecular weight excluding hydrogens is 426 g/mol. The summed E-state index contributed by atoms with van der Waals surface area (Å²) in [4.78, 5) is 29.3. The zero-order chi connectivity index (χ0) is 23.2. The molecular formula is C25H35NO7. The number of allylic oxidation sites excluding steroid dienone is 1. The molecule has 0 aromatic rings. The number of piperidine rings is 1. The van der Waals surface area contributed by atoms with Gasteiger partial charge in [0.2, 0.25) is 0 Å². The van der Waals surface area contributed by atoms with Crippen molar-refractivity contribution in [2.45, 2.75) is 43.9 Å². The van der Waals surface area contributed by atoms with Crippen molar-refractivity contribution in [3.63, 3.8) is 0 Å². The van der Waals surface area contributed by atoms with Crippen LogP contribution in [0, 0.1) is 39.9 Å². The Morgan fingerprint density at radius 1 is 1.15 bits per heavy atom. The highest BCUT2D eigenvalue weighted by Crippen LogP contribution is 2.82. The predicted molar refractivity (Wildman–Crippen MR) is 116 cm³/mol. The number of carbonyl (C=O) groups is 2. The highest BCUT2D eigenvalue weighted by Gasteiger charge is 2.86. The SMILES string of the molecule is COCO[C@@H]1C(=O)[C@]23C=CC1CC2C12C(OC)CCC4(COC)CN(C(=O)OC)C1[C@@H]3C[C@H]42. The van der Waals surface area contributed by atoms with Crippen LogP contribution in [0.15, 0.2) is 12.2 Å². The number of likely N-dealkylation sites (tertiary alicyclic amines) is 1.